The molecular formula is C16H21ClN2O2. The second-order valence-electron chi connectivity index (χ2n) is 6.00. The van der Waals surface area contributed by atoms with Crippen LogP contribution < -0.4 is 5.32 Å². The molecule has 5 heteroatoms. The van der Waals surface area contributed by atoms with Crippen LogP contribution in [0.25, 0.3) is 0 Å². The summed E-state index contributed by atoms with van der Waals surface area (Å²) in [7, 11) is 0. The van der Waals surface area contributed by atoms with Gasteiger partial charge in [-0.25, -0.2) is 4.79 Å². The van der Waals surface area contributed by atoms with Gasteiger partial charge in [0, 0.05) is 24.7 Å². The average Bonchev–Trinajstić information content (AvgIpc) is 2.89. The largest absolute Gasteiger partial charge is 0.396 e. The van der Waals surface area contributed by atoms with Gasteiger partial charge in [0.2, 0.25) is 0 Å². The summed E-state index contributed by atoms with van der Waals surface area (Å²) in [5.74, 6) is 0.350. The molecule has 2 aliphatic rings. The van der Waals surface area contributed by atoms with Crippen LogP contribution in [0.4, 0.5) is 4.79 Å². The van der Waals surface area contributed by atoms with E-state index in [4.69, 9.17) is 16.7 Å². The Morgan fingerprint density at radius 2 is 2.10 bits per heavy atom. The van der Waals surface area contributed by atoms with E-state index >= 15 is 0 Å². The minimum absolute atomic E-state index is 0.0131. The molecule has 4 nitrogen and oxygen atoms in total. The maximum atomic E-state index is 12.4. The van der Waals surface area contributed by atoms with Gasteiger partial charge in [-0.2, -0.15) is 0 Å². The molecule has 21 heavy (non-hydrogen) atoms. The summed E-state index contributed by atoms with van der Waals surface area (Å²) >= 11 is 6.01. The Kier molecular flexibility index (Phi) is 4.36. The normalized spacial score (nSPS) is 22.2. The molecule has 2 amide bonds. The van der Waals surface area contributed by atoms with Gasteiger partial charge in [-0.1, -0.05) is 17.7 Å². The topological polar surface area (TPSA) is 52.6 Å². The second kappa shape index (κ2) is 6.24. The van der Waals surface area contributed by atoms with Crippen molar-refractivity contribution in [3.63, 3.8) is 0 Å². The monoisotopic (exact) mass is 308 g/mol. The van der Waals surface area contributed by atoms with Gasteiger partial charge in [0.15, 0.2) is 0 Å². The Morgan fingerprint density at radius 1 is 1.33 bits per heavy atom. The fraction of sp³-hybridized carbons (Fsp3) is 0.562. The van der Waals surface area contributed by atoms with Crippen molar-refractivity contribution in [1.82, 2.24) is 10.2 Å². The van der Waals surface area contributed by atoms with Gasteiger partial charge in [0.25, 0.3) is 0 Å². The number of amides is 2. The summed E-state index contributed by atoms with van der Waals surface area (Å²) in [5, 5.41) is 13.0. The first kappa shape index (κ1) is 14.7. The van der Waals surface area contributed by atoms with Crippen molar-refractivity contribution in [3.8, 4) is 0 Å². The predicted octanol–water partition coefficient (Wildman–Crippen LogP) is 2.74. The van der Waals surface area contributed by atoms with Gasteiger partial charge in [-0.3, -0.25) is 0 Å². The number of halogens is 1. The van der Waals surface area contributed by atoms with Crippen LogP contribution in [-0.4, -0.2) is 35.7 Å². The summed E-state index contributed by atoms with van der Waals surface area (Å²) in [5.41, 5.74) is 2.43. The lowest BCUT2D eigenvalue weighted by molar-refractivity contribution is 0.135. The Labute approximate surface area is 130 Å². The summed E-state index contributed by atoms with van der Waals surface area (Å²) in [6.07, 6.45) is 3.68. The van der Waals surface area contributed by atoms with Crippen molar-refractivity contribution in [3.05, 3.63) is 34.3 Å². The average molecular weight is 309 g/mol. The molecule has 3 rings (SSSR count). The highest BCUT2D eigenvalue weighted by Crippen LogP contribution is 2.33. The third-order valence-corrected chi connectivity index (χ3v) is 4.88. The van der Waals surface area contributed by atoms with E-state index in [1.807, 2.05) is 23.1 Å². The van der Waals surface area contributed by atoms with Gasteiger partial charge >= 0.3 is 6.03 Å². The third kappa shape index (κ3) is 3.16. The number of carbonyl (C=O) groups excluding carboxylic acids is 1. The molecule has 1 aliphatic heterocycles. The number of fused-ring (bicyclic) bond motifs is 1. The number of piperidine rings is 1. The number of rotatable bonds is 2. The first-order valence-electron chi connectivity index (χ1n) is 7.62. The lowest BCUT2D eigenvalue weighted by atomic mass is 9.98. The maximum absolute atomic E-state index is 12.4. The summed E-state index contributed by atoms with van der Waals surface area (Å²) in [6.45, 7) is 1.70. The van der Waals surface area contributed by atoms with Gasteiger partial charge in [0.05, 0.1) is 6.04 Å². The summed E-state index contributed by atoms with van der Waals surface area (Å²) in [6, 6.07) is 6.01. The van der Waals surface area contributed by atoms with Crippen molar-refractivity contribution in [2.45, 2.75) is 31.7 Å². The molecule has 1 atom stereocenters. The van der Waals surface area contributed by atoms with Crippen molar-refractivity contribution in [2.24, 2.45) is 5.92 Å². The van der Waals surface area contributed by atoms with Crippen LogP contribution in [0.3, 0.4) is 0 Å². The Hall–Kier alpha value is -1.26. The zero-order valence-electron chi connectivity index (χ0n) is 12.0. The van der Waals surface area contributed by atoms with E-state index in [0.29, 0.717) is 5.92 Å². The molecule has 0 bridgehead atoms. The summed E-state index contributed by atoms with van der Waals surface area (Å²) in [4.78, 5) is 14.2. The van der Waals surface area contributed by atoms with E-state index in [2.05, 4.69) is 5.32 Å². The second-order valence-corrected chi connectivity index (χ2v) is 6.43. The third-order valence-electron chi connectivity index (χ3n) is 4.64. The molecule has 0 aromatic heterocycles. The molecule has 1 heterocycles. The summed E-state index contributed by atoms with van der Waals surface area (Å²) < 4.78 is 0. The molecule has 1 saturated heterocycles. The zero-order chi connectivity index (χ0) is 14.8. The maximum Gasteiger partial charge on any atom is 0.317 e. The number of likely N-dealkylation sites (tertiary alicyclic amines) is 1. The molecule has 1 aromatic rings. The SMILES string of the molecule is O=C(NC1CCc2cc(Cl)ccc21)N1CCC(CO)CC1. The van der Waals surface area contributed by atoms with Crippen molar-refractivity contribution in [2.75, 3.05) is 19.7 Å². The van der Waals surface area contributed by atoms with E-state index in [0.717, 1.165) is 43.8 Å². The first-order valence-corrected chi connectivity index (χ1v) is 8.00. The molecule has 1 unspecified atom stereocenters. The Morgan fingerprint density at radius 3 is 2.81 bits per heavy atom. The fourth-order valence-electron chi connectivity index (χ4n) is 3.29. The highest BCUT2D eigenvalue weighted by atomic mass is 35.5. The lowest BCUT2D eigenvalue weighted by Gasteiger charge is -2.32. The van der Waals surface area contributed by atoms with Crippen LogP contribution in [-0.2, 0) is 6.42 Å². The minimum atomic E-state index is 0.0131. The molecule has 1 aliphatic carbocycles. The van der Waals surface area contributed by atoms with Crippen LogP contribution >= 0.6 is 11.6 Å². The van der Waals surface area contributed by atoms with Gasteiger partial charge in [0.1, 0.15) is 0 Å². The number of nitrogens with one attached hydrogen (secondary N) is 1. The van der Waals surface area contributed by atoms with Gasteiger partial charge in [-0.05, 0) is 54.9 Å². The van der Waals surface area contributed by atoms with Crippen LogP contribution in [0.2, 0.25) is 5.02 Å². The van der Waals surface area contributed by atoms with E-state index in [1.54, 1.807) is 0 Å². The lowest BCUT2D eigenvalue weighted by Crippen LogP contribution is -2.45. The molecule has 0 radical (unpaired) electrons. The highest BCUT2D eigenvalue weighted by Gasteiger charge is 2.27. The molecule has 1 fully saturated rings. The first-order chi connectivity index (χ1) is 10.2. The Balaban J connectivity index is 1.60. The van der Waals surface area contributed by atoms with Gasteiger partial charge in [-0.15, -0.1) is 0 Å². The molecule has 0 saturated carbocycles. The van der Waals surface area contributed by atoms with E-state index in [-0.39, 0.29) is 18.7 Å². The number of aryl methyl sites for hydroxylation is 1. The van der Waals surface area contributed by atoms with Crippen LogP contribution in [0.1, 0.15) is 36.4 Å². The van der Waals surface area contributed by atoms with Crippen LogP contribution in [0.5, 0.6) is 0 Å². The number of carbonyl (C=O) groups is 1. The fourth-order valence-corrected chi connectivity index (χ4v) is 3.49. The highest BCUT2D eigenvalue weighted by molar-refractivity contribution is 6.30. The Bertz CT molecular complexity index is 527. The van der Waals surface area contributed by atoms with Gasteiger partial charge < -0.3 is 15.3 Å². The van der Waals surface area contributed by atoms with E-state index in [9.17, 15) is 4.79 Å². The quantitative estimate of drug-likeness (QED) is 0.882. The predicted molar refractivity (Wildman–Crippen MR) is 82.4 cm³/mol. The number of aliphatic hydroxyl groups excluding tert-OH is 1. The standard InChI is InChI=1S/C16H21ClN2O2/c17-13-2-3-14-12(9-13)1-4-15(14)18-16(21)19-7-5-11(10-20)6-8-19/h2-3,9,11,15,20H,1,4-8,10H2,(H,18,21). The van der Waals surface area contributed by atoms with Crippen molar-refractivity contribution >= 4 is 17.6 Å². The van der Waals surface area contributed by atoms with Crippen LogP contribution in [0, 0.1) is 5.92 Å². The number of hydrogen-bond acceptors (Lipinski definition) is 2. The molecular weight excluding hydrogens is 288 g/mol. The molecule has 1 aromatic carbocycles. The number of benzene rings is 1. The molecule has 0 spiro atoms. The van der Waals surface area contributed by atoms with Crippen LogP contribution in [0.15, 0.2) is 18.2 Å². The minimum Gasteiger partial charge on any atom is -0.396 e. The van der Waals surface area contributed by atoms with Crippen molar-refractivity contribution < 1.29 is 9.90 Å². The number of aliphatic hydroxyl groups is 1. The number of hydrogen-bond donors (Lipinski definition) is 2. The van der Waals surface area contributed by atoms with E-state index in [1.165, 1.54) is 11.1 Å². The molecule has 114 valence electrons. The number of nitrogens with zero attached hydrogens (tertiary/aromatic N) is 1. The number of urea groups is 1. The van der Waals surface area contributed by atoms with E-state index < -0.39 is 0 Å². The zero-order valence-corrected chi connectivity index (χ0v) is 12.8. The molecule has 2 N–H and O–H groups in total. The smallest absolute Gasteiger partial charge is 0.317 e. The van der Waals surface area contributed by atoms with Crippen molar-refractivity contribution in [1.29, 1.82) is 0 Å².